The van der Waals surface area contributed by atoms with E-state index in [-0.39, 0.29) is 24.3 Å². The number of unbranched alkanes of at least 4 members (excludes halogenated alkanes) is 7. The van der Waals surface area contributed by atoms with Gasteiger partial charge in [0.15, 0.2) is 0 Å². The van der Waals surface area contributed by atoms with Gasteiger partial charge in [-0.15, -0.1) is 0 Å². The molecule has 2 N–H and O–H groups in total. The Hall–Kier alpha value is -2.95. The van der Waals surface area contributed by atoms with Crippen LogP contribution in [0.4, 0.5) is 30.7 Å². The van der Waals surface area contributed by atoms with Gasteiger partial charge in [0.25, 0.3) is 0 Å². The highest BCUT2D eigenvalue weighted by atomic mass is 19.4. The van der Waals surface area contributed by atoms with Gasteiger partial charge in [0.05, 0.1) is 5.69 Å². The molecule has 1 heterocycles. The first-order valence-corrected chi connectivity index (χ1v) is 14.8. The lowest BCUT2D eigenvalue weighted by atomic mass is 10.0. The number of aromatic hydroxyl groups is 2. The molecule has 1 aromatic heterocycles. The molecule has 0 spiro atoms. The Bertz CT molecular complexity index is 1300. The minimum absolute atomic E-state index is 0.170. The van der Waals surface area contributed by atoms with Gasteiger partial charge in [-0.25, -0.2) is 0 Å². The first-order chi connectivity index (χ1) is 20.2. The fraction of sp³-hybridized carbons (Fsp3) is 0.562. The zero-order chi connectivity index (χ0) is 31.8. The standard InChI is InChI=1S/C32H41F7N2O2/c1-23-27-22-26(43)16-17-28(27)41(29(23)24-12-14-25(42)15-13-24)21-11-6-3-5-9-19-40(2)20-10-7-4-8-18-30(33,34)31(35,36)32(37,38)39/h12-17,22,42-43H,3-11,18-21H2,1-2H3. The maximum Gasteiger partial charge on any atom is 0.459 e. The van der Waals surface area contributed by atoms with Crippen LogP contribution < -0.4 is 0 Å². The zero-order valence-corrected chi connectivity index (χ0v) is 24.7. The minimum Gasteiger partial charge on any atom is -0.508 e. The van der Waals surface area contributed by atoms with Gasteiger partial charge in [-0.2, -0.15) is 30.7 Å². The first kappa shape index (κ1) is 34.5. The van der Waals surface area contributed by atoms with Crippen molar-refractivity contribution in [2.24, 2.45) is 0 Å². The smallest absolute Gasteiger partial charge is 0.459 e. The summed E-state index contributed by atoms with van der Waals surface area (Å²) in [5.74, 6) is -10.7. The summed E-state index contributed by atoms with van der Waals surface area (Å²) in [4.78, 5) is 2.11. The third-order valence-corrected chi connectivity index (χ3v) is 7.96. The number of phenolic OH excluding ortho intramolecular Hbond substituents is 2. The van der Waals surface area contributed by atoms with Crippen LogP contribution in [0.5, 0.6) is 11.5 Å². The Labute approximate surface area is 248 Å². The Morgan fingerprint density at radius 1 is 0.698 bits per heavy atom. The number of halogens is 7. The minimum atomic E-state index is -6.26. The van der Waals surface area contributed by atoms with Gasteiger partial charge in [-0.3, -0.25) is 0 Å². The first-order valence-electron chi connectivity index (χ1n) is 14.8. The summed E-state index contributed by atoms with van der Waals surface area (Å²) >= 11 is 0. The summed E-state index contributed by atoms with van der Waals surface area (Å²) < 4.78 is 91.5. The fourth-order valence-electron chi connectivity index (χ4n) is 5.47. The predicted octanol–water partition coefficient (Wildman–Crippen LogP) is 9.69. The Kier molecular flexibility index (Phi) is 11.8. The van der Waals surface area contributed by atoms with Gasteiger partial charge in [-0.05, 0) is 106 Å². The number of benzene rings is 2. The maximum absolute atomic E-state index is 13.4. The molecule has 0 bridgehead atoms. The van der Waals surface area contributed by atoms with E-state index in [0.29, 0.717) is 19.4 Å². The van der Waals surface area contributed by atoms with Crippen molar-refractivity contribution in [3.8, 4) is 22.8 Å². The van der Waals surface area contributed by atoms with Crippen molar-refractivity contribution in [3.63, 3.8) is 0 Å². The lowest BCUT2D eigenvalue weighted by Gasteiger charge is -2.28. The zero-order valence-electron chi connectivity index (χ0n) is 24.7. The van der Waals surface area contributed by atoms with Gasteiger partial charge in [-0.1, -0.05) is 32.1 Å². The van der Waals surface area contributed by atoms with E-state index in [2.05, 4.69) is 9.47 Å². The second-order valence-electron chi connectivity index (χ2n) is 11.4. The number of hydrogen-bond donors (Lipinski definition) is 2. The van der Waals surface area contributed by atoms with Crippen LogP contribution in [0, 0.1) is 6.92 Å². The highest BCUT2D eigenvalue weighted by Gasteiger charge is 2.72. The average molecular weight is 619 g/mol. The summed E-state index contributed by atoms with van der Waals surface area (Å²) in [5, 5.41) is 20.7. The number of nitrogens with zero attached hydrogens (tertiary/aromatic N) is 2. The molecule has 3 aromatic rings. The maximum atomic E-state index is 13.4. The van der Waals surface area contributed by atoms with Crippen LogP contribution >= 0.6 is 0 Å². The van der Waals surface area contributed by atoms with E-state index >= 15 is 0 Å². The third kappa shape index (κ3) is 8.80. The SMILES string of the molecule is Cc1c(-c2ccc(O)cc2)n(CCCCCCCN(C)CCCCCCC(F)(F)C(F)(F)C(F)(F)F)c2ccc(O)cc12. The molecule has 0 saturated heterocycles. The Morgan fingerprint density at radius 2 is 1.23 bits per heavy atom. The molecular weight excluding hydrogens is 577 g/mol. The van der Waals surface area contributed by atoms with E-state index in [4.69, 9.17) is 0 Å². The van der Waals surface area contributed by atoms with Crippen LogP contribution in [0.25, 0.3) is 22.2 Å². The number of aromatic nitrogens is 1. The van der Waals surface area contributed by atoms with Crippen LogP contribution in [-0.4, -0.2) is 57.8 Å². The summed E-state index contributed by atoms with van der Waals surface area (Å²) in [5.41, 5.74) is 4.18. The number of phenols is 2. The largest absolute Gasteiger partial charge is 0.508 e. The van der Waals surface area contributed by atoms with Crippen LogP contribution in [0.1, 0.15) is 69.8 Å². The number of aryl methyl sites for hydroxylation is 2. The van der Waals surface area contributed by atoms with E-state index < -0.39 is 24.4 Å². The van der Waals surface area contributed by atoms with Crippen molar-refractivity contribution in [1.29, 1.82) is 0 Å². The van der Waals surface area contributed by atoms with Crippen molar-refractivity contribution in [2.75, 3.05) is 20.1 Å². The fourth-order valence-corrected chi connectivity index (χ4v) is 5.47. The third-order valence-electron chi connectivity index (χ3n) is 7.96. The van der Waals surface area contributed by atoms with Gasteiger partial charge < -0.3 is 19.7 Å². The molecule has 4 nitrogen and oxygen atoms in total. The second kappa shape index (κ2) is 14.7. The van der Waals surface area contributed by atoms with Crippen molar-refractivity contribution in [3.05, 3.63) is 48.0 Å². The number of hydrogen-bond acceptors (Lipinski definition) is 3. The second-order valence-corrected chi connectivity index (χ2v) is 11.4. The van der Waals surface area contributed by atoms with E-state index in [1.165, 1.54) is 0 Å². The van der Waals surface area contributed by atoms with Gasteiger partial charge in [0.2, 0.25) is 0 Å². The van der Waals surface area contributed by atoms with E-state index in [0.717, 1.165) is 72.9 Å². The quantitative estimate of drug-likeness (QED) is 0.117. The van der Waals surface area contributed by atoms with Crippen LogP contribution in [-0.2, 0) is 6.54 Å². The number of rotatable bonds is 17. The van der Waals surface area contributed by atoms with Crippen molar-refractivity contribution < 1.29 is 40.9 Å². The summed E-state index contributed by atoms with van der Waals surface area (Å²) in [7, 11) is 1.94. The summed E-state index contributed by atoms with van der Waals surface area (Å²) in [6.45, 7) is 4.40. The van der Waals surface area contributed by atoms with E-state index in [9.17, 15) is 40.9 Å². The molecule has 0 aliphatic heterocycles. The van der Waals surface area contributed by atoms with Crippen LogP contribution in [0.2, 0.25) is 0 Å². The molecule has 0 aliphatic rings. The number of alkyl halides is 7. The topological polar surface area (TPSA) is 48.6 Å². The normalized spacial score (nSPS) is 13.0. The number of fused-ring (bicyclic) bond motifs is 1. The van der Waals surface area contributed by atoms with E-state index in [1.807, 2.05) is 32.2 Å². The lowest BCUT2D eigenvalue weighted by molar-refractivity contribution is -0.355. The van der Waals surface area contributed by atoms with Gasteiger partial charge >= 0.3 is 18.0 Å². The molecule has 0 radical (unpaired) electrons. The predicted molar refractivity (Wildman–Crippen MR) is 155 cm³/mol. The molecule has 43 heavy (non-hydrogen) atoms. The molecule has 2 aromatic carbocycles. The summed E-state index contributed by atoms with van der Waals surface area (Å²) in [6, 6.07) is 12.5. The van der Waals surface area contributed by atoms with Crippen LogP contribution in [0.15, 0.2) is 42.5 Å². The molecular formula is C32H41F7N2O2. The molecule has 240 valence electrons. The molecule has 3 rings (SSSR count). The lowest BCUT2D eigenvalue weighted by Crippen LogP contribution is -2.51. The highest BCUT2D eigenvalue weighted by Crippen LogP contribution is 2.48. The summed E-state index contributed by atoms with van der Waals surface area (Å²) in [6.07, 6.45) is -1.75. The molecule has 0 aliphatic carbocycles. The molecule has 0 fully saturated rings. The molecule has 0 atom stereocenters. The van der Waals surface area contributed by atoms with Crippen molar-refractivity contribution in [2.45, 2.75) is 95.7 Å². The van der Waals surface area contributed by atoms with Gasteiger partial charge in [0.1, 0.15) is 11.5 Å². The monoisotopic (exact) mass is 618 g/mol. The molecule has 0 saturated carbocycles. The van der Waals surface area contributed by atoms with Crippen molar-refractivity contribution >= 4 is 10.9 Å². The highest BCUT2D eigenvalue weighted by molar-refractivity contribution is 5.92. The molecule has 0 unspecified atom stereocenters. The van der Waals surface area contributed by atoms with Crippen molar-refractivity contribution in [1.82, 2.24) is 9.47 Å². The Balaban J connectivity index is 1.34. The molecule has 11 heteroatoms. The average Bonchev–Trinajstić information content (AvgIpc) is 3.20. The van der Waals surface area contributed by atoms with Gasteiger partial charge in [0, 0.05) is 23.9 Å². The van der Waals surface area contributed by atoms with Crippen LogP contribution in [0.3, 0.4) is 0 Å². The molecule has 0 amide bonds. The van der Waals surface area contributed by atoms with E-state index in [1.54, 1.807) is 24.3 Å². The Morgan fingerprint density at radius 3 is 1.84 bits per heavy atom.